The largest absolute Gasteiger partial charge is 0.449 e. The van der Waals surface area contributed by atoms with Crippen molar-refractivity contribution >= 4 is 17.9 Å². The van der Waals surface area contributed by atoms with Crippen molar-refractivity contribution in [2.45, 2.75) is 83.2 Å². The van der Waals surface area contributed by atoms with Gasteiger partial charge in [0, 0.05) is 25.3 Å². The van der Waals surface area contributed by atoms with Crippen LogP contribution in [0.3, 0.4) is 0 Å². The molecule has 32 heavy (non-hydrogen) atoms. The highest BCUT2D eigenvalue weighted by Crippen LogP contribution is 2.36. The van der Waals surface area contributed by atoms with Crippen molar-refractivity contribution in [2.24, 2.45) is 17.8 Å². The van der Waals surface area contributed by atoms with Gasteiger partial charge in [-0.2, -0.15) is 0 Å². The lowest BCUT2D eigenvalue weighted by Crippen LogP contribution is -2.57. The Morgan fingerprint density at radius 1 is 1.28 bits per heavy atom. The minimum Gasteiger partial charge on any atom is -0.449 e. The fourth-order valence-electron chi connectivity index (χ4n) is 4.27. The van der Waals surface area contributed by atoms with Crippen molar-refractivity contribution in [2.75, 3.05) is 19.8 Å². The smallest absolute Gasteiger partial charge is 0.407 e. The number of carbonyl (C=O) groups excluding carboxylic acids is 3. The molecule has 1 aliphatic heterocycles. The standard InChI is InChI=1S/C22H37F2N3O5/c1-14(2)10-17(26-20(31)32-12-15-4-7-22(23,24)8-5-15)19(30)27-21(3,13-28)11-16-6-9-25-18(16)29/h14-17,28H,4-13H2,1-3H3,(H,25,29)(H,26,31)(H,27,30)/t16?,17-,21?/m0/s1. The molecule has 2 fully saturated rings. The SMILES string of the molecule is CC(C)C[C@H](NC(=O)OCC1CCC(F)(F)CC1)C(=O)NC(C)(CO)CC1CCNC1=O. The summed E-state index contributed by atoms with van der Waals surface area (Å²) in [5.74, 6) is -3.53. The van der Waals surface area contributed by atoms with Crippen LogP contribution in [0.5, 0.6) is 0 Å². The number of alkyl halides is 2. The molecule has 3 amide bonds. The zero-order chi connectivity index (χ0) is 23.9. The van der Waals surface area contributed by atoms with E-state index in [2.05, 4.69) is 16.0 Å². The van der Waals surface area contributed by atoms with Crippen LogP contribution in [0, 0.1) is 17.8 Å². The fraction of sp³-hybridized carbons (Fsp3) is 0.864. The van der Waals surface area contributed by atoms with Gasteiger partial charge in [0.1, 0.15) is 6.04 Å². The molecular formula is C22H37F2N3O5. The Labute approximate surface area is 188 Å². The van der Waals surface area contributed by atoms with E-state index in [9.17, 15) is 28.3 Å². The first kappa shape index (κ1) is 26.3. The molecule has 4 N–H and O–H groups in total. The second-order valence-corrected chi connectivity index (χ2v) is 9.91. The maximum Gasteiger partial charge on any atom is 0.407 e. The van der Waals surface area contributed by atoms with Crippen molar-refractivity contribution in [1.29, 1.82) is 0 Å². The number of carbonyl (C=O) groups is 3. The van der Waals surface area contributed by atoms with Crippen LogP contribution in [0.15, 0.2) is 0 Å². The molecule has 2 rings (SSSR count). The minimum atomic E-state index is -2.64. The number of aliphatic hydroxyl groups is 1. The molecule has 0 spiro atoms. The quantitative estimate of drug-likeness (QED) is 0.399. The molecule has 1 heterocycles. The first-order valence-corrected chi connectivity index (χ1v) is 11.4. The number of alkyl carbamates (subject to hydrolysis) is 1. The molecule has 1 saturated heterocycles. The molecule has 10 heteroatoms. The topological polar surface area (TPSA) is 117 Å². The van der Waals surface area contributed by atoms with Crippen molar-refractivity contribution in [1.82, 2.24) is 16.0 Å². The van der Waals surface area contributed by atoms with Gasteiger partial charge in [-0.25, -0.2) is 13.6 Å². The zero-order valence-corrected chi connectivity index (χ0v) is 19.2. The van der Waals surface area contributed by atoms with E-state index in [-0.39, 0.29) is 56.1 Å². The Bertz CT molecular complexity index is 666. The molecule has 184 valence electrons. The summed E-state index contributed by atoms with van der Waals surface area (Å²) in [6.45, 7) is 5.73. The highest BCUT2D eigenvalue weighted by Gasteiger charge is 2.37. The number of ether oxygens (including phenoxy) is 1. The highest BCUT2D eigenvalue weighted by atomic mass is 19.3. The highest BCUT2D eigenvalue weighted by molar-refractivity contribution is 5.86. The third-order valence-corrected chi connectivity index (χ3v) is 6.24. The van der Waals surface area contributed by atoms with Crippen LogP contribution >= 0.6 is 0 Å². The number of aliphatic hydroxyl groups excluding tert-OH is 1. The summed E-state index contributed by atoms with van der Waals surface area (Å²) in [6.07, 6.45) is 0.661. The fourth-order valence-corrected chi connectivity index (χ4v) is 4.27. The normalized spacial score (nSPS) is 23.8. The predicted octanol–water partition coefficient (Wildman–Crippen LogP) is 2.35. The molecule has 2 unspecified atom stereocenters. The average molecular weight is 462 g/mol. The molecule has 1 aliphatic carbocycles. The second kappa shape index (κ2) is 11.2. The van der Waals surface area contributed by atoms with Gasteiger partial charge in [0.25, 0.3) is 0 Å². The third-order valence-electron chi connectivity index (χ3n) is 6.24. The van der Waals surface area contributed by atoms with E-state index in [0.717, 1.165) is 0 Å². The van der Waals surface area contributed by atoms with Gasteiger partial charge in [0.2, 0.25) is 17.7 Å². The summed E-state index contributed by atoms with van der Waals surface area (Å²) < 4.78 is 31.7. The average Bonchev–Trinajstić information content (AvgIpc) is 3.10. The Kier molecular flexibility index (Phi) is 9.24. The lowest BCUT2D eigenvalue weighted by Gasteiger charge is -2.33. The molecular weight excluding hydrogens is 424 g/mol. The van der Waals surface area contributed by atoms with Crippen molar-refractivity contribution in [3.8, 4) is 0 Å². The van der Waals surface area contributed by atoms with Crippen molar-refractivity contribution in [3.63, 3.8) is 0 Å². The summed E-state index contributed by atoms with van der Waals surface area (Å²) in [5, 5.41) is 18.0. The minimum absolute atomic E-state index is 0.0308. The van der Waals surface area contributed by atoms with Crippen LogP contribution in [0.2, 0.25) is 0 Å². The van der Waals surface area contributed by atoms with E-state index in [1.165, 1.54) is 0 Å². The molecule has 0 aromatic rings. The van der Waals surface area contributed by atoms with Crippen molar-refractivity contribution < 1.29 is 33.0 Å². The molecule has 1 saturated carbocycles. The second-order valence-electron chi connectivity index (χ2n) is 9.91. The Morgan fingerprint density at radius 3 is 2.47 bits per heavy atom. The van der Waals surface area contributed by atoms with Gasteiger partial charge in [-0.1, -0.05) is 13.8 Å². The zero-order valence-electron chi connectivity index (χ0n) is 19.2. The number of hydrogen-bond acceptors (Lipinski definition) is 5. The Morgan fingerprint density at radius 2 is 1.94 bits per heavy atom. The first-order chi connectivity index (χ1) is 14.9. The Balaban J connectivity index is 1.90. The van der Waals surface area contributed by atoms with Crippen LogP contribution in [0.4, 0.5) is 13.6 Å². The molecule has 8 nitrogen and oxygen atoms in total. The van der Waals surface area contributed by atoms with E-state index in [4.69, 9.17) is 4.74 Å². The van der Waals surface area contributed by atoms with E-state index in [1.807, 2.05) is 13.8 Å². The summed E-state index contributed by atoms with van der Waals surface area (Å²) in [6, 6.07) is -0.888. The van der Waals surface area contributed by atoms with E-state index >= 15 is 0 Å². The maximum absolute atomic E-state index is 13.3. The molecule has 0 aromatic carbocycles. The number of halogens is 2. The van der Waals surface area contributed by atoms with Gasteiger partial charge >= 0.3 is 6.09 Å². The number of amides is 3. The monoisotopic (exact) mass is 461 g/mol. The van der Waals surface area contributed by atoms with Crippen LogP contribution in [-0.4, -0.2) is 60.3 Å². The first-order valence-electron chi connectivity index (χ1n) is 11.4. The molecule has 3 atom stereocenters. The lowest BCUT2D eigenvalue weighted by atomic mass is 9.87. The van der Waals surface area contributed by atoms with E-state index < -0.39 is 29.5 Å². The van der Waals surface area contributed by atoms with Gasteiger partial charge in [-0.15, -0.1) is 0 Å². The molecule has 0 radical (unpaired) electrons. The van der Waals surface area contributed by atoms with E-state index in [1.54, 1.807) is 6.92 Å². The maximum atomic E-state index is 13.3. The van der Waals surface area contributed by atoms with Gasteiger partial charge in [0.05, 0.1) is 18.8 Å². The number of nitrogens with one attached hydrogen (secondary N) is 3. The van der Waals surface area contributed by atoms with Crippen LogP contribution in [-0.2, 0) is 14.3 Å². The van der Waals surface area contributed by atoms with Crippen LogP contribution in [0.1, 0.15) is 65.7 Å². The summed E-state index contributed by atoms with van der Waals surface area (Å²) >= 11 is 0. The van der Waals surface area contributed by atoms with E-state index in [0.29, 0.717) is 32.2 Å². The number of hydrogen-bond donors (Lipinski definition) is 4. The predicted molar refractivity (Wildman–Crippen MR) is 114 cm³/mol. The molecule has 0 aromatic heterocycles. The number of rotatable bonds is 10. The Hall–Kier alpha value is -1.97. The van der Waals surface area contributed by atoms with Crippen LogP contribution in [0.25, 0.3) is 0 Å². The van der Waals surface area contributed by atoms with Gasteiger partial charge in [0.15, 0.2) is 0 Å². The molecule has 0 bridgehead atoms. The molecule has 2 aliphatic rings. The van der Waals surface area contributed by atoms with Gasteiger partial charge in [-0.3, -0.25) is 9.59 Å². The summed E-state index contributed by atoms with van der Waals surface area (Å²) in [7, 11) is 0. The third kappa shape index (κ3) is 8.18. The summed E-state index contributed by atoms with van der Waals surface area (Å²) in [5.41, 5.74) is -1.02. The van der Waals surface area contributed by atoms with Gasteiger partial charge in [-0.05, 0) is 50.9 Å². The van der Waals surface area contributed by atoms with Crippen LogP contribution < -0.4 is 16.0 Å². The summed E-state index contributed by atoms with van der Waals surface area (Å²) in [4.78, 5) is 37.1. The van der Waals surface area contributed by atoms with Gasteiger partial charge < -0.3 is 25.8 Å². The lowest BCUT2D eigenvalue weighted by molar-refractivity contribution is -0.128. The van der Waals surface area contributed by atoms with Crippen molar-refractivity contribution in [3.05, 3.63) is 0 Å².